The summed E-state index contributed by atoms with van der Waals surface area (Å²) in [4.78, 5) is 13.4. The second-order valence-electron chi connectivity index (χ2n) is 6.10. The Balaban J connectivity index is 1.72. The Kier molecular flexibility index (Phi) is 7.21. The van der Waals surface area contributed by atoms with Crippen LogP contribution in [0.15, 0.2) is 60.7 Å². The molecule has 0 aliphatic heterocycles. The lowest BCUT2D eigenvalue weighted by molar-refractivity contribution is 0.0528. The van der Waals surface area contributed by atoms with Gasteiger partial charge in [0.05, 0.1) is 19.3 Å². The number of benzene rings is 2. The van der Waals surface area contributed by atoms with Gasteiger partial charge in [0.25, 0.3) is 0 Å². The molecule has 1 aromatic heterocycles. The lowest BCUT2D eigenvalue weighted by Gasteiger charge is -2.11. The summed E-state index contributed by atoms with van der Waals surface area (Å²) in [6.07, 6.45) is 0. The molecule has 0 radical (unpaired) electrons. The molecule has 0 saturated heterocycles. The lowest BCUT2D eigenvalue weighted by Crippen LogP contribution is -2.28. The molecule has 0 aliphatic rings. The Hall–Kier alpha value is -2.90. The first-order valence-corrected chi connectivity index (χ1v) is 10.4. The number of carbonyl (C=O) groups is 1. The summed E-state index contributed by atoms with van der Waals surface area (Å²) in [5.74, 6) is 0.437. The molecule has 0 bridgehead atoms. The fourth-order valence-corrected chi connectivity index (χ4v) is 3.96. The van der Waals surface area contributed by atoms with E-state index < -0.39 is 0 Å². The smallest absolute Gasteiger partial charge is 0.341 e. The summed E-state index contributed by atoms with van der Waals surface area (Å²) in [7, 11) is 1.64. The van der Waals surface area contributed by atoms with E-state index in [2.05, 4.69) is 10.6 Å². The molecule has 0 spiro atoms. The molecule has 5 nitrogen and oxygen atoms in total. The van der Waals surface area contributed by atoms with Crippen LogP contribution in [0, 0.1) is 0 Å². The van der Waals surface area contributed by atoms with Crippen molar-refractivity contribution in [3.05, 3.63) is 71.8 Å². The van der Waals surface area contributed by atoms with Crippen LogP contribution in [0.1, 0.15) is 22.8 Å². The van der Waals surface area contributed by atoms with E-state index in [4.69, 9.17) is 21.7 Å². The van der Waals surface area contributed by atoms with E-state index in [9.17, 15) is 4.79 Å². The van der Waals surface area contributed by atoms with Gasteiger partial charge in [-0.15, -0.1) is 11.3 Å². The van der Waals surface area contributed by atoms with E-state index in [0.29, 0.717) is 28.8 Å². The minimum absolute atomic E-state index is 0.314. The summed E-state index contributed by atoms with van der Waals surface area (Å²) >= 11 is 6.89. The quantitative estimate of drug-likeness (QED) is 0.406. The molecule has 0 aliphatic carbocycles. The number of esters is 1. The normalized spacial score (nSPS) is 10.3. The van der Waals surface area contributed by atoms with Crippen molar-refractivity contribution < 1.29 is 14.3 Å². The highest BCUT2D eigenvalue weighted by Crippen LogP contribution is 2.35. The molecule has 0 unspecified atom stereocenters. The van der Waals surface area contributed by atoms with Crippen LogP contribution in [-0.2, 0) is 11.3 Å². The zero-order valence-electron chi connectivity index (χ0n) is 16.2. The third-order valence-corrected chi connectivity index (χ3v) is 5.47. The molecule has 0 fully saturated rings. The van der Waals surface area contributed by atoms with E-state index in [1.165, 1.54) is 11.3 Å². The monoisotopic (exact) mass is 426 g/mol. The summed E-state index contributed by atoms with van der Waals surface area (Å²) < 4.78 is 10.4. The van der Waals surface area contributed by atoms with Gasteiger partial charge in [0.1, 0.15) is 10.8 Å². The van der Waals surface area contributed by atoms with Gasteiger partial charge in [-0.05, 0) is 48.5 Å². The molecule has 29 heavy (non-hydrogen) atoms. The maximum atomic E-state index is 12.4. The van der Waals surface area contributed by atoms with Crippen LogP contribution in [0.4, 0.5) is 5.00 Å². The van der Waals surface area contributed by atoms with Crippen LogP contribution < -0.4 is 15.4 Å². The van der Waals surface area contributed by atoms with Gasteiger partial charge in [0, 0.05) is 11.4 Å². The standard InChI is InChI=1S/C22H22N2O3S2/c1-3-27-21(25)18-13-19(16-7-5-4-6-8-16)29-20(18)24-22(28)23-14-15-9-11-17(26-2)12-10-15/h4-13H,3,14H2,1-2H3,(H2,23,24,28). The van der Waals surface area contributed by atoms with Gasteiger partial charge in [-0.1, -0.05) is 42.5 Å². The molecule has 1 heterocycles. The molecular formula is C22H22N2O3S2. The first kappa shape index (κ1) is 20.8. The number of methoxy groups -OCH3 is 1. The average Bonchev–Trinajstić information content (AvgIpc) is 3.17. The van der Waals surface area contributed by atoms with Crippen LogP contribution in [0.2, 0.25) is 0 Å². The Morgan fingerprint density at radius 1 is 1.10 bits per heavy atom. The number of thiocarbonyl (C=S) groups is 1. The Labute approximate surface area is 179 Å². The number of carbonyl (C=O) groups excluding carboxylic acids is 1. The fraction of sp³-hybridized carbons (Fsp3) is 0.182. The Morgan fingerprint density at radius 3 is 2.48 bits per heavy atom. The molecule has 0 atom stereocenters. The predicted octanol–water partition coefficient (Wildman–Crippen LogP) is 5.09. The van der Waals surface area contributed by atoms with Crippen molar-refractivity contribution in [3.63, 3.8) is 0 Å². The second kappa shape index (κ2) is 10.0. The predicted molar refractivity (Wildman–Crippen MR) is 122 cm³/mol. The summed E-state index contributed by atoms with van der Waals surface area (Å²) in [5, 5.41) is 7.41. The topological polar surface area (TPSA) is 59.6 Å². The minimum atomic E-state index is -0.369. The third kappa shape index (κ3) is 5.56. The van der Waals surface area contributed by atoms with Gasteiger partial charge in [-0.3, -0.25) is 0 Å². The molecular weight excluding hydrogens is 404 g/mol. The number of nitrogens with one attached hydrogen (secondary N) is 2. The van der Waals surface area contributed by atoms with E-state index in [1.807, 2.05) is 60.7 Å². The van der Waals surface area contributed by atoms with E-state index >= 15 is 0 Å². The fourth-order valence-electron chi connectivity index (χ4n) is 2.66. The van der Waals surface area contributed by atoms with Gasteiger partial charge in [0.2, 0.25) is 0 Å². The molecule has 150 valence electrons. The number of hydrogen-bond acceptors (Lipinski definition) is 5. The summed E-state index contributed by atoms with van der Waals surface area (Å²) in [5.41, 5.74) is 2.58. The maximum absolute atomic E-state index is 12.4. The van der Waals surface area contributed by atoms with Gasteiger partial charge in [0.15, 0.2) is 5.11 Å². The van der Waals surface area contributed by atoms with Crippen molar-refractivity contribution in [2.45, 2.75) is 13.5 Å². The maximum Gasteiger partial charge on any atom is 0.341 e. The SMILES string of the molecule is CCOC(=O)c1cc(-c2ccccc2)sc1NC(=S)NCc1ccc(OC)cc1. The molecule has 3 aromatic rings. The second-order valence-corrected chi connectivity index (χ2v) is 7.56. The number of anilines is 1. The van der Waals surface area contributed by atoms with Gasteiger partial charge in [-0.2, -0.15) is 0 Å². The Bertz CT molecular complexity index is 969. The van der Waals surface area contributed by atoms with Crippen LogP contribution >= 0.6 is 23.6 Å². The molecule has 0 amide bonds. The average molecular weight is 427 g/mol. The third-order valence-electron chi connectivity index (χ3n) is 4.12. The molecule has 3 rings (SSSR count). The van der Waals surface area contributed by atoms with Crippen molar-refractivity contribution in [2.24, 2.45) is 0 Å². The van der Waals surface area contributed by atoms with Crippen molar-refractivity contribution in [1.82, 2.24) is 5.32 Å². The van der Waals surface area contributed by atoms with E-state index in [1.54, 1.807) is 14.0 Å². The van der Waals surface area contributed by atoms with E-state index in [0.717, 1.165) is 21.8 Å². The highest BCUT2D eigenvalue weighted by molar-refractivity contribution is 7.80. The molecule has 2 N–H and O–H groups in total. The zero-order chi connectivity index (χ0) is 20.6. The number of ether oxygens (including phenoxy) is 2. The first-order chi connectivity index (χ1) is 14.1. The lowest BCUT2D eigenvalue weighted by atomic mass is 10.1. The highest BCUT2D eigenvalue weighted by Gasteiger charge is 2.19. The van der Waals surface area contributed by atoms with Gasteiger partial charge >= 0.3 is 5.97 Å². The summed E-state index contributed by atoms with van der Waals surface area (Å²) in [6.45, 7) is 2.66. The number of hydrogen-bond donors (Lipinski definition) is 2. The molecule has 0 saturated carbocycles. The molecule has 7 heteroatoms. The Morgan fingerprint density at radius 2 is 1.83 bits per heavy atom. The van der Waals surface area contributed by atoms with Crippen molar-refractivity contribution in [2.75, 3.05) is 19.0 Å². The van der Waals surface area contributed by atoms with Crippen molar-refractivity contribution >= 4 is 39.6 Å². The zero-order valence-corrected chi connectivity index (χ0v) is 17.9. The van der Waals surface area contributed by atoms with Gasteiger partial charge in [-0.25, -0.2) is 4.79 Å². The van der Waals surface area contributed by atoms with Crippen molar-refractivity contribution in [3.8, 4) is 16.2 Å². The summed E-state index contributed by atoms with van der Waals surface area (Å²) in [6, 6.07) is 19.5. The van der Waals surface area contributed by atoms with Gasteiger partial charge < -0.3 is 20.1 Å². The van der Waals surface area contributed by atoms with E-state index in [-0.39, 0.29) is 5.97 Å². The first-order valence-electron chi connectivity index (χ1n) is 9.15. The largest absolute Gasteiger partial charge is 0.497 e. The van der Waals surface area contributed by atoms with Crippen LogP contribution in [-0.4, -0.2) is 24.8 Å². The number of thiophene rings is 1. The number of rotatable bonds is 7. The van der Waals surface area contributed by atoms with Crippen LogP contribution in [0.25, 0.3) is 10.4 Å². The minimum Gasteiger partial charge on any atom is -0.497 e. The highest BCUT2D eigenvalue weighted by atomic mass is 32.1. The van der Waals surface area contributed by atoms with Crippen LogP contribution in [0.3, 0.4) is 0 Å². The molecule has 2 aromatic carbocycles. The van der Waals surface area contributed by atoms with Crippen LogP contribution in [0.5, 0.6) is 5.75 Å². The van der Waals surface area contributed by atoms with Crippen molar-refractivity contribution in [1.29, 1.82) is 0 Å².